The Labute approximate surface area is 134 Å². The maximum atomic E-state index is 6.28. The summed E-state index contributed by atoms with van der Waals surface area (Å²) in [4.78, 5) is 0. The molecular formula is C12H15Cl3SiZr. The van der Waals surface area contributed by atoms with Crippen LogP contribution in [0.4, 0.5) is 0 Å². The van der Waals surface area contributed by atoms with E-state index in [1.54, 1.807) is 11.8 Å². The minimum Gasteiger partial charge on any atom is -1.00 e. The van der Waals surface area contributed by atoms with E-state index in [0.717, 1.165) is 11.5 Å². The van der Waals surface area contributed by atoms with Crippen molar-refractivity contribution >= 4 is 20.4 Å². The molecule has 0 aromatic carbocycles. The average Bonchev–Trinajstić information content (AvgIpc) is 2.76. The van der Waals surface area contributed by atoms with Crippen molar-refractivity contribution in [3.8, 4) is 0 Å². The van der Waals surface area contributed by atoms with Crippen LogP contribution in [0.25, 0.3) is 0 Å². The molecule has 5 heteroatoms. The van der Waals surface area contributed by atoms with Crippen molar-refractivity contribution in [1.82, 2.24) is 0 Å². The van der Waals surface area contributed by atoms with E-state index in [4.69, 9.17) is 11.6 Å². The molecule has 2 aliphatic carbocycles. The molecule has 0 atom stereocenters. The van der Waals surface area contributed by atoms with Crippen molar-refractivity contribution in [2.24, 2.45) is 0 Å². The van der Waals surface area contributed by atoms with Crippen LogP contribution in [0.3, 0.4) is 0 Å². The summed E-state index contributed by atoms with van der Waals surface area (Å²) < 4.78 is 3.46. The van der Waals surface area contributed by atoms with Crippen LogP contribution in [0.1, 0.15) is 12.8 Å². The summed E-state index contributed by atoms with van der Waals surface area (Å²) in [5.74, 6) is 0. The standard InChI is InChI=1S/C7H10ClSi.C5H5.2ClH.Zr/c1-9(2)7-5-3-4-6(7)8;1-2-4-5-3-1;;;/h4,9H,3H2,1-2H3;1-3H,4H2;2*1H;/q;;;;+2/p-2. The molecular weight excluding hydrogens is 370 g/mol. The minimum atomic E-state index is -0.725. The molecule has 0 spiro atoms. The molecule has 0 amide bonds. The van der Waals surface area contributed by atoms with Crippen LogP contribution < -0.4 is 24.8 Å². The van der Waals surface area contributed by atoms with Gasteiger partial charge in [-0.1, -0.05) is 0 Å². The van der Waals surface area contributed by atoms with Gasteiger partial charge in [-0.2, -0.15) is 0 Å². The third kappa shape index (κ3) is 4.51. The smallest absolute Gasteiger partial charge is 1.00 e. The molecule has 17 heavy (non-hydrogen) atoms. The van der Waals surface area contributed by atoms with Gasteiger partial charge in [-0.05, 0) is 0 Å². The van der Waals surface area contributed by atoms with Crippen LogP contribution in [0.2, 0.25) is 13.1 Å². The topological polar surface area (TPSA) is 0 Å². The van der Waals surface area contributed by atoms with Gasteiger partial charge in [0.05, 0.1) is 0 Å². The molecule has 0 saturated carbocycles. The Bertz CT molecular complexity index is 395. The van der Waals surface area contributed by atoms with Crippen molar-refractivity contribution in [2.75, 3.05) is 0 Å². The van der Waals surface area contributed by atoms with Gasteiger partial charge in [-0.15, -0.1) is 0 Å². The molecule has 92 valence electrons. The molecule has 0 aliphatic heterocycles. The van der Waals surface area contributed by atoms with Gasteiger partial charge in [0, 0.05) is 0 Å². The fourth-order valence-electron chi connectivity index (χ4n) is 2.03. The average molecular weight is 385 g/mol. The van der Waals surface area contributed by atoms with Crippen LogP contribution >= 0.6 is 11.6 Å². The first-order valence-corrected chi connectivity index (χ1v) is 11.1. The second-order valence-electron chi connectivity index (χ2n) is 4.25. The van der Waals surface area contributed by atoms with E-state index in [1.807, 2.05) is 0 Å². The summed E-state index contributed by atoms with van der Waals surface area (Å²) in [5, 5.41) is 2.68. The monoisotopic (exact) mass is 382 g/mol. The molecule has 2 rings (SSSR count). The molecule has 0 nitrogen and oxygen atoms in total. The first-order chi connectivity index (χ1) is 7.18. The van der Waals surface area contributed by atoms with E-state index in [1.165, 1.54) is 6.42 Å². The van der Waals surface area contributed by atoms with Gasteiger partial charge in [-0.25, -0.2) is 0 Å². The number of allylic oxidation sites excluding steroid dienone is 8. The summed E-state index contributed by atoms with van der Waals surface area (Å²) in [6.45, 7) is 4.77. The summed E-state index contributed by atoms with van der Waals surface area (Å²) in [7, 11) is -0.725. The molecule has 0 heterocycles. The Morgan fingerprint density at radius 1 is 1.24 bits per heavy atom. The summed E-state index contributed by atoms with van der Waals surface area (Å²) in [6.07, 6.45) is 11.4. The van der Waals surface area contributed by atoms with Crippen LogP contribution in [-0.2, 0) is 23.2 Å². The molecule has 0 saturated heterocycles. The molecule has 0 unspecified atom stereocenters. The van der Waals surface area contributed by atoms with E-state index < -0.39 is 32.0 Å². The van der Waals surface area contributed by atoms with Crippen molar-refractivity contribution in [3.63, 3.8) is 0 Å². The Morgan fingerprint density at radius 2 is 1.94 bits per heavy atom. The second kappa shape index (κ2) is 8.17. The summed E-state index contributed by atoms with van der Waals surface area (Å²) in [5.41, 5.74) is 0. The van der Waals surface area contributed by atoms with Crippen molar-refractivity contribution in [2.45, 2.75) is 25.9 Å². The van der Waals surface area contributed by atoms with Gasteiger partial charge in [0.2, 0.25) is 0 Å². The quantitative estimate of drug-likeness (QED) is 0.481. The number of hydrogen-bond acceptors (Lipinski definition) is 0. The predicted octanol–water partition coefficient (Wildman–Crippen LogP) is -2.27. The van der Waals surface area contributed by atoms with E-state index in [0.29, 0.717) is 0 Å². The van der Waals surface area contributed by atoms with Crippen LogP contribution in [0.5, 0.6) is 0 Å². The zero-order chi connectivity index (χ0) is 10.8. The Kier molecular flexibility index (Phi) is 8.62. The first kappa shape index (κ1) is 17.9. The SMILES string of the molecule is C[SiH](C)C1=[C]([Zr+2][C]2=CC=CC2)CC=C1Cl.[Cl-].[Cl-]. The number of hydrogen-bond donors (Lipinski definition) is 0. The number of halogens is 3. The zero-order valence-corrected chi connectivity index (χ0v) is 15.8. The fourth-order valence-corrected chi connectivity index (χ4v) is 10.2. The fraction of sp³-hybridized carbons (Fsp3) is 0.333. The largest absolute Gasteiger partial charge is 1.00 e. The van der Waals surface area contributed by atoms with E-state index in [9.17, 15) is 0 Å². The maximum Gasteiger partial charge on any atom is -1.00 e. The molecule has 2 aliphatic rings. The summed E-state index contributed by atoms with van der Waals surface area (Å²) in [6, 6.07) is 0. The van der Waals surface area contributed by atoms with Gasteiger partial charge in [0.25, 0.3) is 0 Å². The van der Waals surface area contributed by atoms with E-state index >= 15 is 0 Å². The van der Waals surface area contributed by atoms with Crippen molar-refractivity contribution in [3.05, 3.63) is 41.1 Å². The van der Waals surface area contributed by atoms with Crippen molar-refractivity contribution < 1.29 is 48.0 Å². The van der Waals surface area contributed by atoms with Gasteiger partial charge in [-0.3, -0.25) is 0 Å². The molecule has 0 bridgehead atoms. The predicted molar refractivity (Wildman–Crippen MR) is 66.3 cm³/mol. The number of rotatable bonds is 3. The Balaban J connectivity index is 0.00000128. The van der Waals surface area contributed by atoms with Crippen LogP contribution in [-0.4, -0.2) is 8.80 Å². The summed E-state index contributed by atoms with van der Waals surface area (Å²) >= 11 is 5.81. The molecule has 0 fully saturated rings. The molecule has 0 aromatic rings. The minimum absolute atomic E-state index is 0. The third-order valence-corrected chi connectivity index (χ3v) is 9.40. The van der Waals surface area contributed by atoms with Crippen molar-refractivity contribution in [1.29, 1.82) is 0 Å². The first-order valence-electron chi connectivity index (χ1n) is 5.40. The Hall–Kier alpha value is 0.930. The third-order valence-electron chi connectivity index (χ3n) is 2.73. The van der Waals surface area contributed by atoms with Crippen LogP contribution in [0.15, 0.2) is 41.1 Å². The van der Waals surface area contributed by atoms with E-state index in [-0.39, 0.29) is 24.8 Å². The van der Waals surface area contributed by atoms with Gasteiger partial charge >= 0.3 is 111 Å². The molecule has 0 N–H and O–H groups in total. The van der Waals surface area contributed by atoms with E-state index in [2.05, 4.69) is 37.4 Å². The van der Waals surface area contributed by atoms with Gasteiger partial charge in [0.1, 0.15) is 0 Å². The zero-order valence-electron chi connectivity index (χ0n) is 9.93. The maximum absolute atomic E-state index is 6.28. The molecule has 0 aromatic heterocycles. The van der Waals surface area contributed by atoms with Gasteiger partial charge < -0.3 is 24.8 Å². The normalized spacial score (nSPS) is 17.4. The van der Waals surface area contributed by atoms with Gasteiger partial charge in [0.15, 0.2) is 0 Å². The second-order valence-corrected chi connectivity index (χ2v) is 11.2. The van der Waals surface area contributed by atoms with Crippen LogP contribution in [0, 0.1) is 0 Å². The molecule has 0 radical (unpaired) electrons. The Morgan fingerprint density at radius 3 is 2.47 bits per heavy atom.